The molecule has 6 nitrogen and oxygen atoms in total. The van der Waals surface area contributed by atoms with Crippen molar-refractivity contribution in [3.05, 3.63) is 58.3 Å². The number of fused-ring (bicyclic) bond motifs is 11. The number of ether oxygens (including phenoxy) is 2. The third-order valence-electron chi connectivity index (χ3n) is 6.44. The predicted molar refractivity (Wildman–Crippen MR) is 158 cm³/mol. The normalized spacial score (nSPS) is 12.2. The van der Waals surface area contributed by atoms with Crippen LogP contribution in [0.4, 0.5) is 0 Å². The Morgan fingerprint density at radius 2 is 0.921 bits per heavy atom. The molecule has 38 heavy (non-hydrogen) atoms. The molecule has 0 amide bonds. The number of hydrogen-bond acceptors (Lipinski definition) is 8. The highest BCUT2D eigenvalue weighted by Gasteiger charge is 2.19. The molecule has 0 atom stereocenters. The van der Waals surface area contributed by atoms with Crippen molar-refractivity contribution < 1.29 is 29.3 Å². The fourth-order valence-corrected chi connectivity index (χ4v) is 9.34. The predicted octanol–water partition coefficient (Wildman–Crippen LogP) is 8.05. The molecule has 0 radical (unpaired) electrons. The molecule has 0 saturated heterocycles. The van der Waals surface area contributed by atoms with Gasteiger partial charge in [-0.3, -0.25) is 0 Å². The van der Waals surface area contributed by atoms with E-state index in [1.165, 1.54) is 51.1 Å². The Hall–Kier alpha value is -3.12. The van der Waals surface area contributed by atoms with Gasteiger partial charge in [0.25, 0.3) is 0 Å². The van der Waals surface area contributed by atoms with Crippen molar-refractivity contribution in [1.29, 1.82) is 0 Å². The molecule has 0 spiro atoms. The first-order valence-corrected chi connectivity index (χ1v) is 15.0. The van der Waals surface area contributed by atoms with Crippen LogP contribution in [0.25, 0.3) is 60.5 Å². The number of thiophene rings is 4. The summed E-state index contributed by atoms with van der Waals surface area (Å²) in [4.78, 5) is 23.8. The van der Waals surface area contributed by atoms with E-state index in [1.807, 2.05) is 0 Å². The van der Waals surface area contributed by atoms with Crippen LogP contribution >= 0.6 is 45.3 Å². The summed E-state index contributed by atoms with van der Waals surface area (Å²) in [5, 5.41) is 25.1. The van der Waals surface area contributed by atoms with Crippen LogP contribution in [0, 0.1) is 0 Å². The van der Waals surface area contributed by atoms with E-state index >= 15 is 0 Å². The van der Waals surface area contributed by atoms with Gasteiger partial charge in [0, 0.05) is 70.3 Å². The Balaban J connectivity index is 1.46. The number of carbonyl (C=O) groups is 2. The van der Waals surface area contributed by atoms with Gasteiger partial charge in [0.05, 0.1) is 13.2 Å². The van der Waals surface area contributed by atoms with Crippen LogP contribution in [-0.4, -0.2) is 35.4 Å². The highest BCUT2D eigenvalue weighted by Crippen LogP contribution is 2.49. The van der Waals surface area contributed by atoms with Crippen LogP contribution in [0.1, 0.15) is 9.75 Å². The SMILES string of the molecule is O=C(O)COCc1cc2c(ccc3sc4ccc5sc6ccc7sc(COCC(=O)O)cc7c6c5c4c32)s1. The van der Waals surface area contributed by atoms with Crippen LogP contribution in [0.5, 0.6) is 0 Å². The zero-order valence-corrected chi connectivity index (χ0v) is 22.9. The van der Waals surface area contributed by atoms with Gasteiger partial charge in [-0.25, -0.2) is 9.59 Å². The monoisotopic (exact) mass is 578 g/mol. The van der Waals surface area contributed by atoms with Gasteiger partial charge in [0.2, 0.25) is 0 Å². The number of rotatable bonds is 8. The molecule has 0 aliphatic carbocycles. The number of carboxylic acid groups (broad SMARTS) is 2. The summed E-state index contributed by atoms with van der Waals surface area (Å²) >= 11 is 6.85. The maximum Gasteiger partial charge on any atom is 0.329 e. The van der Waals surface area contributed by atoms with Crippen molar-refractivity contribution in [2.45, 2.75) is 13.2 Å². The van der Waals surface area contributed by atoms with Crippen LogP contribution < -0.4 is 0 Å². The minimum absolute atomic E-state index is 0.272. The van der Waals surface area contributed by atoms with Gasteiger partial charge >= 0.3 is 11.9 Å². The third-order valence-corrected chi connectivity index (χ3v) is 10.8. The quantitative estimate of drug-likeness (QED) is 0.190. The molecule has 2 N–H and O–H groups in total. The molecule has 0 bridgehead atoms. The number of aliphatic carboxylic acids is 2. The van der Waals surface area contributed by atoms with E-state index in [1.54, 1.807) is 45.3 Å². The molecule has 190 valence electrons. The molecule has 3 aromatic carbocycles. The average molecular weight is 579 g/mol. The topological polar surface area (TPSA) is 93.1 Å². The van der Waals surface area contributed by atoms with Crippen LogP contribution in [0.3, 0.4) is 0 Å². The fraction of sp³-hybridized carbons (Fsp3) is 0.143. The minimum Gasteiger partial charge on any atom is -0.480 e. The summed E-state index contributed by atoms with van der Waals surface area (Å²) in [7, 11) is 0. The molecule has 0 saturated carbocycles. The molecule has 0 fully saturated rings. The lowest BCUT2D eigenvalue weighted by Gasteiger charge is -2.00. The highest BCUT2D eigenvalue weighted by atomic mass is 32.1. The Morgan fingerprint density at radius 1 is 0.553 bits per heavy atom. The number of carboxylic acids is 2. The molecular formula is C28H18O6S4. The highest BCUT2D eigenvalue weighted by molar-refractivity contribution is 7.28. The fourth-order valence-electron chi connectivity index (χ4n) is 5.06. The van der Waals surface area contributed by atoms with E-state index in [-0.39, 0.29) is 26.4 Å². The maximum atomic E-state index is 10.9. The van der Waals surface area contributed by atoms with Gasteiger partial charge in [-0.15, -0.1) is 45.3 Å². The average Bonchev–Trinajstić information content (AvgIpc) is 3.63. The largest absolute Gasteiger partial charge is 0.480 e. The van der Waals surface area contributed by atoms with Crippen molar-refractivity contribution in [2.24, 2.45) is 0 Å². The Morgan fingerprint density at radius 3 is 1.32 bits per heavy atom. The summed E-state index contributed by atoms with van der Waals surface area (Å²) in [6, 6.07) is 17.3. The van der Waals surface area contributed by atoms with E-state index in [2.05, 4.69) is 48.5 Å². The Labute approximate surface area is 230 Å². The lowest BCUT2D eigenvalue weighted by Crippen LogP contribution is -2.05. The second-order valence-corrected chi connectivity index (χ2v) is 13.4. The summed E-state index contributed by atoms with van der Waals surface area (Å²) in [5.41, 5.74) is 0. The molecular weight excluding hydrogens is 561 g/mol. The molecule has 4 heterocycles. The van der Waals surface area contributed by atoms with Gasteiger partial charge in [-0.05, 0) is 48.5 Å². The third kappa shape index (κ3) is 3.96. The zero-order valence-electron chi connectivity index (χ0n) is 19.6. The van der Waals surface area contributed by atoms with Crippen LogP contribution in [-0.2, 0) is 32.3 Å². The first-order chi connectivity index (χ1) is 18.5. The molecule has 0 aliphatic heterocycles. The second-order valence-electron chi connectivity index (χ2n) is 8.92. The van der Waals surface area contributed by atoms with Crippen molar-refractivity contribution in [3.63, 3.8) is 0 Å². The summed E-state index contributed by atoms with van der Waals surface area (Å²) in [6.45, 7) is -0.0818. The molecule has 0 aliphatic rings. The summed E-state index contributed by atoms with van der Waals surface area (Å²) in [5.74, 6) is -1.94. The van der Waals surface area contributed by atoms with Crippen molar-refractivity contribution in [2.75, 3.05) is 13.2 Å². The van der Waals surface area contributed by atoms with Gasteiger partial charge in [0.1, 0.15) is 13.2 Å². The maximum absolute atomic E-state index is 10.9. The zero-order chi connectivity index (χ0) is 26.0. The first kappa shape index (κ1) is 24.0. The molecule has 7 aromatic rings. The smallest absolute Gasteiger partial charge is 0.329 e. The Kier molecular flexibility index (Phi) is 5.84. The molecule has 4 aromatic heterocycles. The molecule has 0 unspecified atom stereocenters. The molecule has 10 heteroatoms. The van der Waals surface area contributed by atoms with Crippen LogP contribution in [0.2, 0.25) is 0 Å². The van der Waals surface area contributed by atoms with Crippen molar-refractivity contribution in [3.8, 4) is 0 Å². The lowest BCUT2D eigenvalue weighted by atomic mass is 10.0. The van der Waals surface area contributed by atoms with Gasteiger partial charge in [-0.2, -0.15) is 0 Å². The number of benzene rings is 3. The van der Waals surface area contributed by atoms with Crippen molar-refractivity contribution >= 4 is 118 Å². The standard InChI is InChI=1S/C28H18O6S4/c29-23(30)11-33-9-13-7-15-17(35-13)1-3-19-25(15)27-21(37-19)5-6-22-28(27)26-16-8-14(10-34-12-24(31)32)36-18(16)2-4-20(26)38-22/h1-8H,9-12H2,(H,29,30)(H,31,32). The first-order valence-electron chi connectivity index (χ1n) is 11.7. The van der Waals surface area contributed by atoms with Gasteiger partial charge < -0.3 is 19.7 Å². The van der Waals surface area contributed by atoms with E-state index in [0.717, 1.165) is 19.2 Å². The summed E-state index contributed by atoms with van der Waals surface area (Å²) in [6.07, 6.45) is 0. The van der Waals surface area contributed by atoms with Gasteiger partial charge in [0.15, 0.2) is 0 Å². The minimum atomic E-state index is -0.972. The van der Waals surface area contributed by atoms with E-state index in [4.69, 9.17) is 19.7 Å². The van der Waals surface area contributed by atoms with E-state index < -0.39 is 11.9 Å². The van der Waals surface area contributed by atoms with E-state index in [9.17, 15) is 9.59 Å². The second kappa shape index (κ2) is 9.26. The van der Waals surface area contributed by atoms with Crippen molar-refractivity contribution in [1.82, 2.24) is 0 Å². The number of hydrogen-bond donors (Lipinski definition) is 2. The summed E-state index contributed by atoms with van der Waals surface area (Å²) < 4.78 is 17.9. The van der Waals surface area contributed by atoms with Gasteiger partial charge in [-0.1, -0.05) is 0 Å². The lowest BCUT2D eigenvalue weighted by molar-refractivity contribution is -0.143. The van der Waals surface area contributed by atoms with Crippen LogP contribution in [0.15, 0.2) is 48.5 Å². The van der Waals surface area contributed by atoms with E-state index in [0.29, 0.717) is 0 Å². The Bertz CT molecular complexity index is 1910. The molecule has 7 rings (SSSR count).